The SMILES string of the molecule is Cc1cccc(F)c1NC(=O)c1cc2c(s1)-c1ccccc1N(C(=O)c1cccc(-c3cn(CCN(C)C)nc3C3CC3)n1)CC2. The van der Waals surface area contributed by atoms with Gasteiger partial charge in [0.1, 0.15) is 11.5 Å². The number of aromatic nitrogens is 3. The van der Waals surface area contributed by atoms with Crippen LogP contribution in [0.2, 0.25) is 0 Å². The van der Waals surface area contributed by atoms with Crippen LogP contribution in [0.25, 0.3) is 21.7 Å². The van der Waals surface area contributed by atoms with Crippen molar-refractivity contribution in [3.63, 3.8) is 0 Å². The van der Waals surface area contributed by atoms with E-state index in [-0.39, 0.29) is 17.5 Å². The maximum Gasteiger partial charge on any atom is 0.276 e. The molecule has 0 atom stereocenters. The van der Waals surface area contributed by atoms with Gasteiger partial charge in [-0.1, -0.05) is 36.4 Å². The second-order valence-corrected chi connectivity index (χ2v) is 13.3. The summed E-state index contributed by atoms with van der Waals surface area (Å²) in [6, 6.07) is 20.0. The Balaban J connectivity index is 1.17. The molecule has 1 N–H and O–H groups in total. The van der Waals surface area contributed by atoms with Crippen LogP contribution < -0.4 is 10.2 Å². The summed E-state index contributed by atoms with van der Waals surface area (Å²) in [5.74, 6) is -0.555. The molecule has 2 amide bonds. The number of aryl methyl sites for hydroxylation is 1. The number of halogens is 1. The van der Waals surface area contributed by atoms with Crippen molar-refractivity contribution >= 4 is 34.5 Å². The fourth-order valence-corrected chi connectivity index (χ4v) is 7.07. The Morgan fingerprint density at radius 1 is 1.04 bits per heavy atom. The van der Waals surface area contributed by atoms with Crippen LogP contribution in [0.3, 0.4) is 0 Å². The van der Waals surface area contributed by atoms with Crippen molar-refractivity contribution in [1.82, 2.24) is 19.7 Å². The zero-order chi connectivity index (χ0) is 31.9. The molecule has 0 bridgehead atoms. The summed E-state index contributed by atoms with van der Waals surface area (Å²) < 4.78 is 16.4. The summed E-state index contributed by atoms with van der Waals surface area (Å²) in [5, 5.41) is 7.66. The normalized spacial score (nSPS) is 14.2. The molecule has 4 heterocycles. The average Bonchev–Trinajstić information content (AvgIpc) is 3.71. The Kier molecular flexibility index (Phi) is 8.00. The van der Waals surface area contributed by atoms with Crippen LogP contribution in [-0.2, 0) is 13.0 Å². The van der Waals surface area contributed by atoms with Gasteiger partial charge in [-0.15, -0.1) is 11.3 Å². The highest BCUT2D eigenvalue weighted by atomic mass is 32.1. The number of nitrogens with zero attached hydrogens (tertiary/aromatic N) is 5. The summed E-state index contributed by atoms with van der Waals surface area (Å²) in [5.41, 5.74) is 6.66. The van der Waals surface area contributed by atoms with E-state index in [1.807, 2.05) is 61.2 Å². The maximum absolute atomic E-state index is 14.4. The molecule has 1 fully saturated rings. The van der Waals surface area contributed by atoms with E-state index in [4.69, 9.17) is 10.1 Å². The quantitative estimate of drug-likeness (QED) is 0.199. The standard InChI is InChI=1S/C36H35FN6O2S/c1-22-8-6-10-27(37)32(22)39-35(44)31-20-24-16-17-43(30-13-5-4-9-25(30)34(24)46-31)36(45)29-12-7-11-28(38-29)26-21-42(19-18-41(2)3)40-33(26)23-14-15-23/h4-13,20-21,23H,14-19H2,1-3H3,(H,39,44). The van der Waals surface area contributed by atoms with Crippen LogP contribution >= 0.6 is 11.3 Å². The third kappa shape index (κ3) is 5.86. The van der Waals surface area contributed by atoms with Gasteiger partial charge < -0.3 is 15.1 Å². The number of carbonyl (C=O) groups is 2. The molecule has 0 radical (unpaired) electrons. The van der Waals surface area contributed by atoms with Gasteiger partial charge in [0.15, 0.2) is 0 Å². The van der Waals surface area contributed by atoms with E-state index in [9.17, 15) is 14.0 Å². The summed E-state index contributed by atoms with van der Waals surface area (Å²) >= 11 is 1.36. The molecule has 0 spiro atoms. The third-order valence-corrected chi connectivity index (χ3v) is 9.77. The van der Waals surface area contributed by atoms with Gasteiger partial charge >= 0.3 is 0 Å². The lowest BCUT2D eigenvalue weighted by Gasteiger charge is -2.23. The Hall–Kier alpha value is -4.67. The Morgan fingerprint density at radius 3 is 2.63 bits per heavy atom. The van der Waals surface area contributed by atoms with Gasteiger partial charge in [-0.3, -0.25) is 14.3 Å². The van der Waals surface area contributed by atoms with Crippen molar-refractivity contribution < 1.29 is 14.0 Å². The Morgan fingerprint density at radius 2 is 1.85 bits per heavy atom. The Labute approximate surface area is 271 Å². The van der Waals surface area contributed by atoms with Gasteiger partial charge in [0, 0.05) is 41.2 Å². The predicted octanol–water partition coefficient (Wildman–Crippen LogP) is 7.02. The zero-order valence-electron chi connectivity index (χ0n) is 26.1. The average molecular weight is 635 g/mol. The lowest BCUT2D eigenvalue weighted by atomic mass is 10.1. The summed E-state index contributed by atoms with van der Waals surface area (Å²) in [7, 11) is 4.10. The third-order valence-electron chi connectivity index (χ3n) is 8.56. The first-order chi connectivity index (χ1) is 22.3. The molecule has 10 heteroatoms. The number of pyridine rings is 1. The Bertz CT molecular complexity index is 1940. The first-order valence-electron chi connectivity index (χ1n) is 15.6. The van der Waals surface area contributed by atoms with Crippen LogP contribution in [0.4, 0.5) is 15.8 Å². The van der Waals surface area contributed by atoms with Crippen LogP contribution in [-0.4, -0.2) is 58.7 Å². The topological polar surface area (TPSA) is 83.4 Å². The second kappa shape index (κ2) is 12.3. The minimum absolute atomic E-state index is 0.176. The monoisotopic (exact) mass is 634 g/mol. The first-order valence-corrected chi connectivity index (χ1v) is 16.4. The lowest BCUT2D eigenvalue weighted by molar-refractivity contribution is 0.0981. The highest BCUT2D eigenvalue weighted by molar-refractivity contribution is 7.17. The fourth-order valence-electron chi connectivity index (χ4n) is 5.94. The summed E-state index contributed by atoms with van der Waals surface area (Å²) in [6.07, 6.45) is 4.87. The van der Waals surface area contributed by atoms with Gasteiger partial charge in [0.05, 0.1) is 34.2 Å². The number of fused-ring (bicyclic) bond motifs is 3. The number of hydrogen-bond acceptors (Lipinski definition) is 6. The molecule has 1 aliphatic carbocycles. The molecule has 0 unspecified atom stereocenters. The number of para-hydroxylation sites is 2. The minimum Gasteiger partial charge on any atom is -0.319 e. The molecule has 2 aliphatic rings. The van der Waals surface area contributed by atoms with Crippen LogP contribution in [0.15, 0.2) is 72.9 Å². The maximum atomic E-state index is 14.4. The van der Waals surface area contributed by atoms with Crippen LogP contribution in [0, 0.1) is 12.7 Å². The number of benzene rings is 2. The van der Waals surface area contributed by atoms with Gasteiger partial charge in [0.2, 0.25) is 0 Å². The number of thiophene rings is 1. The molecule has 0 saturated heterocycles. The zero-order valence-corrected chi connectivity index (χ0v) is 26.9. The smallest absolute Gasteiger partial charge is 0.276 e. The molecule has 46 heavy (non-hydrogen) atoms. The molecule has 234 valence electrons. The van der Waals surface area contributed by atoms with E-state index >= 15 is 0 Å². The first kappa shape index (κ1) is 30.0. The van der Waals surface area contributed by atoms with Crippen LogP contribution in [0.1, 0.15) is 55.7 Å². The predicted molar refractivity (Wildman–Crippen MR) is 180 cm³/mol. The minimum atomic E-state index is -0.467. The van der Waals surface area contributed by atoms with Gasteiger partial charge in [-0.2, -0.15) is 5.10 Å². The van der Waals surface area contributed by atoms with Crippen molar-refractivity contribution in [1.29, 1.82) is 0 Å². The van der Waals surface area contributed by atoms with E-state index in [1.165, 1.54) is 17.4 Å². The van der Waals surface area contributed by atoms with Crippen molar-refractivity contribution in [3.8, 4) is 21.7 Å². The number of amides is 2. The molecule has 2 aromatic carbocycles. The number of anilines is 2. The molecule has 3 aromatic heterocycles. The van der Waals surface area contributed by atoms with Crippen molar-refractivity contribution in [2.24, 2.45) is 0 Å². The van der Waals surface area contributed by atoms with E-state index < -0.39 is 5.82 Å². The lowest BCUT2D eigenvalue weighted by Crippen LogP contribution is -2.33. The highest BCUT2D eigenvalue weighted by Gasteiger charge is 2.32. The largest absolute Gasteiger partial charge is 0.319 e. The number of carbonyl (C=O) groups excluding carboxylic acids is 2. The van der Waals surface area contributed by atoms with E-state index in [0.29, 0.717) is 35.0 Å². The molecule has 1 saturated carbocycles. The number of hydrogen-bond donors (Lipinski definition) is 1. The van der Waals surface area contributed by atoms with Crippen molar-refractivity contribution in [2.45, 2.75) is 38.6 Å². The van der Waals surface area contributed by atoms with E-state index in [0.717, 1.165) is 64.6 Å². The number of likely N-dealkylation sites (N-methyl/N-ethyl adjacent to an activating group) is 1. The highest BCUT2D eigenvalue weighted by Crippen LogP contribution is 2.44. The number of nitrogens with one attached hydrogen (secondary N) is 1. The molecule has 5 aromatic rings. The van der Waals surface area contributed by atoms with Crippen molar-refractivity contribution in [2.75, 3.05) is 37.4 Å². The molecule has 1 aliphatic heterocycles. The van der Waals surface area contributed by atoms with Gasteiger partial charge in [0.25, 0.3) is 11.8 Å². The van der Waals surface area contributed by atoms with Crippen LogP contribution in [0.5, 0.6) is 0 Å². The fraction of sp³-hybridized carbons (Fsp3) is 0.278. The summed E-state index contributed by atoms with van der Waals surface area (Å²) in [6.45, 7) is 3.86. The van der Waals surface area contributed by atoms with E-state index in [2.05, 4.69) is 16.4 Å². The summed E-state index contributed by atoms with van der Waals surface area (Å²) in [4.78, 5) is 37.6. The second-order valence-electron chi connectivity index (χ2n) is 12.3. The van der Waals surface area contributed by atoms with Gasteiger partial charge in [-0.05, 0) is 81.7 Å². The van der Waals surface area contributed by atoms with Gasteiger partial charge in [-0.25, -0.2) is 9.37 Å². The molecule has 8 nitrogen and oxygen atoms in total. The van der Waals surface area contributed by atoms with Crippen molar-refractivity contribution in [3.05, 3.63) is 106 Å². The molecular formula is C36H35FN6O2S. The number of rotatable bonds is 8. The molecule has 7 rings (SSSR count). The molecular weight excluding hydrogens is 600 g/mol. The van der Waals surface area contributed by atoms with E-state index in [1.54, 1.807) is 30.0 Å².